The van der Waals surface area contributed by atoms with Gasteiger partial charge in [0.2, 0.25) is 0 Å². The van der Waals surface area contributed by atoms with E-state index in [1.165, 1.54) is 31.0 Å². The number of rotatable bonds is 6. The maximum absolute atomic E-state index is 11.4. The van der Waals surface area contributed by atoms with E-state index in [0.717, 1.165) is 0 Å². The Morgan fingerprint density at radius 2 is 2.16 bits per heavy atom. The van der Waals surface area contributed by atoms with Gasteiger partial charge in [-0.3, -0.25) is 4.79 Å². The molecule has 1 aliphatic rings. The number of hydrogen-bond donors (Lipinski definition) is 3. The molecule has 102 valence electrons. The van der Waals surface area contributed by atoms with E-state index in [1.807, 2.05) is 0 Å². The average Bonchev–Trinajstić information content (AvgIpc) is 3.17. The lowest BCUT2D eigenvalue weighted by atomic mass is 10.2. The number of benzene rings is 1. The third-order valence-electron chi connectivity index (χ3n) is 2.91. The van der Waals surface area contributed by atoms with E-state index in [0.29, 0.717) is 18.2 Å². The topological polar surface area (TPSA) is 102 Å². The van der Waals surface area contributed by atoms with E-state index >= 15 is 0 Å². The van der Waals surface area contributed by atoms with Crippen LogP contribution in [0, 0.1) is 5.92 Å². The maximum Gasteiger partial charge on any atom is 0.337 e. The van der Waals surface area contributed by atoms with Crippen LogP contribution in [0.25, 0.3) is 0 Å². The SMILES string of the molecule is Nc1cc(OCC(=O)NCC2CC2)ccc1C(=O)O. The average molecular weight is 264 g/mol. The Hall–Kier alpha value is -2.24. The Morgan fingerprint density at radius 1 is 1.42 bits per heavy atom. The van der Waals surface area contributed by atoms with Crippen LogP contribution >= 0.6 is 0 Å². The lowest BCUT2D eigenvalue weighted by molar-refractivity contribution is -0.123. The number of hydrogen-bond acceptors (Lipinski definition) is 4. The fraction of sp³-hybridized carbons (Fsp3) is 0.385. The van der Waals surface area contributed by atoms with Crippen molar-refractivity contribution in [3.63, 3.8) is 0 Å². The highest BCUT2D eigenvalue weighted by molar-refractivity contribution is 5.93. The van der Waals surface area contributed by atoms with Crippen molar-refractivity contribution in [2.24, 2.45) is 5.92 Å². The minimum absolute atomic E-state index is 0.0190. The fourth-order valence-corrected chi connectivity index (χ4v) is 1.61. The smallest absolute Gasteiger partial charge is 0.337 e. The van der Waals surface area contributed by atoms with E-state index in [2.05, 4.69) is 5.32 Å². The highest BCUT2D eigenvalue weighted by atomic mass is 16.5. The number of carboxylic acids is 1. The molecule has 1 amide bonds. The molecule has 2 rings (SSSR count). The van der Waals surface area contributed by atoms with E-state index in [1.54, 1.807) is 0 Å². The molecule has 1 fully saturated rings. The number of nitrogens with one attached hydrogen (secondary N) is 1. The van der Waals surface area contributed by atoms with Gasteiger partial charge >= 0.3 is 5.97 Å². The Kier molecular flexibility index (Phi) is 3.89. The quantitative estimate of drug-likeness (QED) is 0.662. The van der Waals surface area contributed by atoms with Gasteiger partial charge in [0.1, 0.15) is 5.75 Å². The number of carboxylic acid groups (broad SMARTS) is 1. The summed E-state index contributed by atoms with van der Waals surface area (Å²) in [5.74, 6) is -0.280. The molecule has 0 atom stereocenters. The lowest BCUT2D eigenvalue weighted by Crippen LogP contribution is -2.30. The Morgan fingerprint density at radius 3 is 2.74 bits per heavy atom. The normalized spacial score (nSPS) is 13.9. The monoisotopic (exact) mass is 264 g/mol. The van der Waals surface area contributed by atoms with Crippen molar-refractivity contribution in [2.75, 3.05) is 18.9 Å². The number of carbonyl (C=O) groups is 2. The van der Waals surface area contributed by atoms with Gasteiger partial charge in [-0.15, -0.1) is 0 Å². The van der Waals surface area contributed by atoms with Crippen LogP contribution < -0.4 is 15.8 Å². The molecular weight excluding hydrogens is 248 g/mol. The van der Waals surface area contributed by atoms with Crippen LogP contribution in [0.2, 0.25) is 0 Å². The number of anilines is 1. The number of carbonyl (C=O) groups excluding carboxylic acids is 1. The molecule has 0 bridgehead atoms. The molecule has 0 heterocycles. The molecule has 1 aromatic carbocycles. The van der Waals surface area contributed by atoms with E-state index in [4.69, 9.17) is 15.6 Å². The van der Waals surface area contributed by atoms with Crippen molar-refractivity contribution in [1.82, 2.24) is 5.32 Å². The highest BCUT2D eigenvalue weighted by Gasteiger charge is 2.21. The predicted molar refractivity (Wildman–Crippen MR) is 69.0 cm³/mol. The molecule has 4 N–H and O–H groups in total. The first-order valence-corrected chi connectivity index (χ1v) is 6.08. The zero-order chi connectivity index (χ0) is 13.8. The summed E-state index contributed by atoms with van der Waals surface area (Å²) in [6.45, 7) is 0.598. The summed E-state index contributed by atoms with van der Waals surface area (Å²) in [6.07, 6.45) is 2.35. The first-order chi connectivity index (χ1) is 9.06. The first-order valence-electron chi connectivity index (χ1n) is 6.08. The van der Waals surface area contributed by atoms with Crippen molar-refractivity contribution >= 4 is 17.6 Å². The van der Waals surface area contributed by atoms with Crippen molar-refractivity contribution in [3.8, 4) is 5.75 Å². The zero-order valence-electron chi connectivity index (χ0n) is 10.4. The number of nitrogen functional groups attached to an aromatic ring is 1. The van der Waals surface area contributed by atoms with Crippen molar-refractivity contribution < 1.29 is 19.4 Å². The maximum atomic E-state index is 11.4. The van der Waals surface area contributed by atoms with Gasteiger partial charge in [0.05, 0.1) is 5.56 Å². The third-order valence-corrected chi connectivity index (χ3v) is 2.91. The van der Waals surface area contributed by atoms with E-state index in [9.17, 15) is 9.59 Å². The minimum Gasteiger partial charge on any atom is -0.484 e. The number of nitrogens with two attached hydrogens (primary N) is 1. The second-order valence-corrected chi connectivity index (χ2v) is 4.59. The summed E-state index contributed by atoms with van der Waals surface area (Å²) in [5.41, 5.74) is 5.71. The van der Waals surface area contributed by atoms with Crippen LogP contribution in [-0.2, 0) is 4.79 Å². The summed E-state index contributed by atoms with van der Waals surface area (Å²) in [4.78, 5) is 22.2. The molecule has 6 heteroatoms. The second kappa shape index (κ2) is 5.60. The van der Waals surface area contributed by atoms with E-state index < -0.39 is 5.97 Å². The van der Waals surface area contributed by atoms with Crippen molar-refractivity contribution in [3.05, 3.63) is 23.8 Å². The third kappa shape index (κ3) is 3.87. The molecule has 0 aliphatic heterocycles. The van der Waals surface area contributed by atoms with Crippen LogP contribution in [0.5, 0.6) is 5.75 Å². The molecule has 0 spiro atoms. The summed E-state index contributed by atoms with van der Waals surface area (Å²) in [7, 11) is 0. The molecule has 6 nitrogen and oxygen atoms in total. The summed E-state index contributed by atoms with van der Waals surface area (Å²) in [5, 5.41) is 11.6. The van der Waals surface area contributed by atoms with Gasteiger partial charge in [0.25, 0.3) is 5.91 Å². The summed E-state index contributed by atoms with van der Waals surface area (Å²) >= 11 is 0. The van der Waals surface area contributed by atoms with Crippen molar-refractivity contribution in [1.29, 1.82) is 0 Å². The molecule has 0 unspecified atom stereocenters. The van der Waals surface area contributed by atoms with Gasteiger partial charge in [-0.1, -0.05) is 0 Å². The minimum atomic E-state index is -1.09. The van der Waals surface area contributed by atoms with Gasteiger partial charge in [0.15, 0.2) is 6.61 Å². The first kappa shape index (κ1) is 13.2. The predicted octanol–water partition coefficient (Wildman–Crippen LogP) is 0.872. The molecule has 1 saturated carbocycles. The molecule has 0 saturated heterocycles. The zero-order valence-corrected chi connectivity index (χ0v) is 10.4. The summed E-state index contributed by atoms with van der Waals surface area (Å²) in [6, 6.07) is 4.24. The van der Waals surface area contributed by atoms with Crippen LogP contribution in [0.4, 0.5) is 5.69 Å². The lowest BCUT2D eigenvalue weighted by Gasteiger charge is -2.08. The Bertz CT molecular complexity index is 497. The van der Waals surface area contributed by atoms with Crippen LogP contribution in [0.3, 0.4) is 0 Å². The van der Waals surface area contributed by atoms with Gasteiger partial charge in [-0.05, 0) is 30.9 Å². The van der Waals surface area contributed by atoms with Crippen molar-refractivity contribution in [2.45, 2.75) is 12.8 Å². The largest absolute Gasteiger partial charge is 0.484 e. The molecule has 19 heavy (non-hydrogen) atoms. The fourth-order valence-electron chi connectivity index (χ4n) is 1.61. The molecule has 0 aromatic heterocycles. The van der Waals surface area contributed by atoms with Crippen LogP contribution in [0.1, 0.15) is 23.2 Å². The molecular formula is C13H16N2O4. The van der Waals surface area contributed by atoms with Crippen LogP contribution in [0.15, 0.2) is 18.2 Å². The summed E-state index contributed by atoms with van der Waals surface area (Å²) < 4.78 is 5.25. The van der Waals surface area contributed by atoms with Gasteiger partial charge in [-0.2, -0.15) is 0 Å². The van der Waals surface area contributed by atoms with Gasteiger partial charge in [0, 0.05) is 18.3 Å². The second-order valence-electron chi connectivity index (χ2n) is 4.59. The van der Waals surface area contributed by atoms with E-state index in [-0.39, 0.29) is 23.8 Å². The number of aromatic carboxylic acids is 1. The van der Waals surface area contributed by atoms with Gasteiger partial charge < -0.3 is 20.9 Å². The van der Waals surface area contributed by atoms with Crippen LogP contribution in [-0.4, -0.2) is 30.1 Å². The number of amides is 1. The molecule has 1 aromatic rings. The number of ether oxygens (including phenoxy) is 1. The Balaban J connectivity index is 1.83. The highest BCUT2D eigenvalue weighted by Crippen LogP contribution is 2.27. The standard InChI is InChI=1S/C13H16N2O4/c14-11-5-9(3-4-10(11)13(17)18)19-7-12(16)15-6-8-1-2-8/h3-5,8H,1-2,6-7,14H2,(H,15,16)(H,17,18). The Labute approximate surface area is 110 Å². The molecule has 1 aliphatic carbocycles. The van der Waals surface area contributed by atoms with Gasteiger partial charge in [-0.25, -0.2) is 4.79 Å². The molecule has 0 radical (unpaired) electrons.